The zero-order valence-corrected chi connectivity index (χ0v) is 15.9. The molecule has 1 aliphatic rings. The van der Waals surface area contributed by atoms with E-state index in [-0.39, 0.29) is 11.7 Å². The predicted molar refractivity (Wildman–Crippen MR) is 108 cm³/mol. The molecule has 142 valence electrons. The lowest BCUT2D eigenvalue weighted by atomic mass is 9.95. The van der Waals surface area contributed by atoms with Crippen LogP contribution in [0.25, 0.3) is 22.3 Å². The van der Waals surface area contributed by atoms with Crippen LogP contribution in [-0.2, 0) is 4.79 Å². The highest BCUT2D eigenvalue weighted by Gasteiger charge is 2.24. The lowest BCUT2D eigenvalue weighted by Crippen LogP contribution is -2.24. The molecule has 1 saturated heterocycles. The van der Waals surface area contributed by atoms with Gasteiger partial charge in [-0.2, -0.15) is 0 Å². The number of phenols is 1. The zero-order chi connectivity index (χ0) is 19.8. The van der Waals surface area contributed by atoms with Gasteiger partial charge in [-0.15, -0.1) is 0 Å². The van der Waals surface area contributed by atoms with E-state index < -0.39 is 5.82 Å². The molecule has 2 heterocycles. The Morgan fingerprint density at radius 3 is 2.36 bits per heavy atom. The molecule has 5 heteroatoms. The number of rotatable bonds is 3. The highest BCUT2D eigenvalue weighted by Crippen LogP contribution is 2.40. The van der Waals surface area contributed by atoms with Crippen LogP contribution in [0.1, 0.15) is 24.1 Å². The van der Waals surface area contributed by atoms with E-state index in [1.807, 2.05) is 38.1 Å². The Balaban J connectivity index is 1.79. The third-order valence-electron chi connectivity index (χ3n) is 5.08. The van der Waals surface area contributed by atoms with Crippen LogP contribution in [0, 0.1) is 19.7 Å². The Bertz CT molecular complexity index is 1080. The maximum atomic E-state index is 14.8. The van der Waals surface area contributed by atoms with E-state index in [4.69, 9.17) is 0 Å². The topological polar surface area (TPSA) is 53.4 Å². The van der Waals surface area contributed by atoms with Crippen molar-refractivity contribution in [2.24, 2.45) is 0 Å². The van der Waals surface area contributed by atoms with Gasteiger partial charge in [0.1, 0.15) is 11.6 Å². The number of benzene rings is 2. The van der Waals surface area contributed by atoms with Gasteiger partial charge < -0.3 is 10.0 Å². The van der Waals surface area contributed by atoms with Crippen molar-refractivity contribution >= 4 is 11.6 Å². The Kier molecular flexibility index (Phi) is 4.59. The van der Waals surface area contributed by atoms with Crippen LogP contribution in [0.2, 0.25) is 0 Å². The molecule has 1 aromatic heterocycles. The van der Waals surface area contributed by atoms with Crippen LogP contribution in [0.4, 0.5) is 10.1 Å². The van der Waals surface area contributed by atoms with Crippen molar-refractivity contribution < 1.29 is 14.3 Å². The Morgan fingerprint density at radius 1 is 1.04 bits per heavy atom. The molecule has 0 unspecified atom stereocenters. The Labute approximate surface area is 163 Å². The summed E-state index contributed by atoms with van der Waals surface area (Å²) in [6.45, 7) is 4.37. The van der Waals surface area contributed by atoms with Gasteiger partial charge >= 0.3 is 0 Å². The largest absolute Gasteiger partial charge is 0.507 e. The molecule has 1 aliphatic heterocycles. The van der Waals surface area contributed by atoms with E-state index in [2.05, 4.69) is 4.98 Å². The highest BCUT2D eigenvalue weighted by molar-refractivity contribution is 5.96. The summed E-state index contributed by atoms with van der Waals surface area (Å²) in [7, 11) is 0. The van der Waals surface area contributed by atoms with Crippen molar-refractivity contribution in [1.29, 1.82) is 0 Å². The minimum atomic E-state index is -0.463. The summed E-state index contributed by atoms with van der Waals surface area (Å²) in [5.74, 6) is -0.420. The second-order valence-electron chi connectivity index (χ2n) is 7.21. The molecule has 3 aromatic rings. The lowest BCUT2D eigenvalue weighted by molar-refractivity contribution is -0.117. The number of hydrogen-bond donors (Lipinski definition) is 1. The normalized spacial score (nSPS) is 14.0. The molecule has 0 atom stereocenters. The highest BCUT2D eigenvalue weighted by atomic mass is 19.1. The van der Waals surface area contributed by atoms with Crippen molar-refractivity contribution in [3.63, 3.8) is 0 Å². The summed E-state index contributed by atoms with van der Waals surface area (Å²) < 4.78 is 14.8. The van der Waals surface area contributed by atoms with Crippen LogP contribution < -0.4 is 4.90 Å². The van der Waals surface area contributed by atoms with Gasteiger partial charge in [0.05, 0.1) is 5.69 Å². The van der Waals surface area contributed by atoms with Crippen LogP contribution in [0.3, 0.4) is 0 Å². The molecular formula is C23H21FN2O2. The maximum Gasteiger partial charge on any atom is 0.227 e. The number of anilines is 1. The van der Waals surface area contributed by atoms with E-state index >= 15 is 0 Å². The SMILES string of the molecule is Cc1cc(-c2ccnc(C)c2)c(O)c(-c2ccc(N3CCCC3=O)c(F)c2)c1. The van der Waals surface area contributed by atoms with Crippen LogP contribution >= 0.6 is 0 Å². The lowest BCUT2D eigenvalue weighted by Gasteiger charge is -2.18. The standard InChI is InChI=1S/C23H21FN2O2/c1-14-10-18(23(28)19(11-14)17-7-8-25-15(2)12-17)16-5-6-21(20(24)13-16)26-9-3-4-22(26)27/h5-8,10-13,28H,3-4,9H2,1-2H3. The number of halogens is 1. The number of aromatic hydroxyl groups is 1. The molecule has 0 aliphatic carbocycles. The van der Waals surface area contributed by atoms with E-state index in [9.17, 15) is 14.3 Å². The van der Waals surface area contributed by atoms with Crippen molar-refractivity contribution in [2.45, 2.75) is 26.7 Å². The van der Waals surface area contributed by atoms with Crippen molar-refractivity contribution in [3.05, 3.63) is 65.7 Å². The molecule has 4 rings (SSSR count). The van der Waals surface area contributed by atoms with Gasteiger partial charge in [-0.05, 0) is 73.4 Å². The summed E-state index contributed by atoms with van der Waals surface area (Å²) in [5, 5.41) is 10.9. The number of carbonyl (C=O) groups is 1. The molecule has 1 amide bonds. The maximum absolute atomic E-state index is 14.8. The van der Waals surface area contributed by atoms with Gasteiger partial charge in [0.15, 0.2) is 0 Å². The number of aryl methyl sites for hydroxylation is 2. The first-order valence-electron chi connectivity index (χ1n) is 9.31. The molecule has 0 bridgehead atoms. The quantitative estimate of drug-likeness (QED) is 0.700. The van der Waals surface area contributed by atoms with E-state index in [0.29, 0.717) is 35.3 Å². The third-order valence-corrected chi connectivity index (χ3v) is 5.08. The van der Waals surface area contributed by atoms with E-state index in [1.165, 1.54) is 11.0 Å². The fourth-order valence-corrected chi connectivity index (χ4v) is 3.73. The van der Waals surface area contributed by atoms with Crippen molar-refractivity contribution in [1.82, 2.24) is 4.98 Å². The van der Waals surface area contributed by atoms with Gasteiger partial charge in [-0.3, -0.25) is 9.78 Å². The minimum Gasteiger partial charge on any atom is -0.507 e. The second kappa shape index (κ2) is 7.08. The number of amides is 1. The number of pyridine rings is 1. The molecular weight excluding hydrogens is 355 g/mol. The summed E-state index contributed by atoms with van der Waals surface area (Å²) in [6.07, 6.45) is 2.90. The van der Waals surface area contributed by atoms with Crippen molar-refractivity contribution in [3.8, 4) is 28.0 Å². The van der Waals surface area contributed by atoms with E-state index in [1.54, 1.807) is 18.3 Å². The average Bonchev–Trinajstić information content (AvgIpc) is 3.09. The summed E-state index contributed by atoms with van der Waals surface area (Å²) in [4.78, 5) is 17.6. The van der Waals surface area contributed by atoms with E-state index in [0.717, 1.165) is 23.2 Å². The van der Waals surface area contributed by atoms with Crippen LogP contribution in [-0.4, -0.2) is 22.5 Å². The Morgan fingerprint density at radius 2 is 1.75 bits per heavy atom. The first-order chi connectivity index (χ1) is 13.4. The Hall–Kier alpha value is -3.21. The van der Waals surface area contributed by atoms with Crippen LogP contribution in [0.5, 0.6) is 5.75 Å². The molecule has 28 heavy (non-hydrogen) atoms. The summed E-state index contributed by atoms with van der Waals surface area (Å²) in [6, 6.07) is 12.2. The smallest absolute Gasteiger partial charge is 0.227 e. The fourth-order valence-electron chi connectivity index (χ4n) is 3.73. The van der Waals surface area contributed by atoms with Gasteiger partial charge in [-0.1, -0.05) is 6.07 Å². The number of phenolic OH excluding ortho intramolecular Hbond substituents is 1. The second-order valence-corrected chi connectivity index (χ2v) is 7.21. The van der Waals surface area contributed by atoms with Gasteiger partial charge in [0.25, 0.3) is 0 Å². The third kappa shape index (κ3) is 3.24. The molecule has 2 aromatic carbocycles. The average molecular weight is 376 g/mol. The number of carbonyl (C=O) groups excluding carboxylic acids is 1. The number of nitrogens with zero attached hydrogens (tertiary/aromatic N) is 2. The molecule has 0 radical (unpaired) electrons. The van der Waals surface area contributed by atoms with Gasteiger partial charge in [-0.25, -0.2) is 4.39 Å². The molecule has 1 fully saturated rings. The number of aromatic nitrogens is 1. The first kappa shape index (κ1) is 18.2. The molecule has 1 N–H and O–H groups in total. The number of hydrogen-bond acceptors (Lipinski definition) is 3. The fraction of sp³-hybridized carbons (Fsp3) is 0.217. The van der Waals surface area contributed by atoms with Gasteiger partial charge in [0, 0.05) is 36.0 Å². The molecule has 0 saturated carbocycles. The minimum absolute atomic E-state index is 0.0552. The zero-order valence-electron chi connectivity index (χ0n) is 15.9. The molecule has 4 nitrogen and oxygen atoms in total. The van der Waals surface area contributed by atoms with Crippen LogP contribution in [0.15, 0.2) is 48.7 Å². The summed E-state index contributed by atoms with van der Waals surface area (Å²) >= 11 is 0. The van der Waals surface area contributed by atoms with Gasteiger partial charge in [0.2, 0.25) is 5.91 Å². The monoisotopic (exact) mass is 376 g/mol. The van der Waals surface area contributed by atoms with Crippen molar-refractivity contribution in [2.75, 3.05) is 11.4 Å². The first-order valence-corrected chi connectivity index (χ1v) is 9.31. The predicted octanol–water partition coefficient (Wildman–Crippen LogP) is 5.00. The summed E-state index contributed by atoms with van der Waals surface area (Å²) in [5.41, 5.74) is 4.77. The molecule has 0 spiro atoms.